The molecule has 2 aromatic heterocycles. The highest BCUT2D eigenvalue weighted by atomic mass is 16.5. The van der Waals surface area contributed by atoms with E-state index in [0.717, 1.165) is 11.3 Å². The third-order valence-electron chi connectivity index (χ3n) is 4.29. The van der Waals surface area contributed by atoms with Crippen LogP contribution >= 0.6 is 0 Å². The van der Waals surface area contributed by atoms with Crippen LogP contribution in [0.1, 0.15) is 23.0 Å². The van der Waals surface area contributed by atoms with E-state index in [-0.39, 0.29) is 11.7 Å². The highest BCUT2D eigenvalue weighted by Gasteiger charge is 2.15. The fourth-order valence-electron chi connectivity index (χ4n) is 2.84. The van der Waals surface area contributed by atoms with Gasteiger partial charge in [0, 0.05) is 11.3 Å². The van der Waals surface area contributed by atoms with E-state index in [1.165, 1.54) is 11.8 Å². The lowest BCUT2D eigenvalue weighted by Crippen LogP contribution is -2.10. The number of hydrogen-bond acceptors (Lipinski definition) is 5. The van der Waals surface area contributed by atoms with Crippen molar-refractivity contribution < 1.29 is 13.9 Å². The Balaban J connectivity index is 1.63. The molecule has 4 aromatic rings. The first-order chi connectivity index (χ1) is 14.1. The Kier molecular flexibility index (Phi) is 5.11. The van der Waals surface area contributed by atoms with E-state index < -0.39 is 0 Å². The molecule has 0 saturated heterocycles. The molecule has 0 aliphatic rings. The highest BCUT2D eigenvalue weighted by Crippen LogP contribution is 2.25. The van der Waals surface area contributed by atoms with Gasteiger partial charge in [-0.2, -0.15) is 4.98 Å². The third kappa shape index (κ3) is 4.03. The van der Waals surface area contributed by atoms with E-state index in [4.69, 9.17) is 9.15 Å². The Labute approximate surface area is 168 Å². The van der Waals surface area contributed by atoms with Gasteiger partial charge in [0.15, 0.2) is 11.6 Å². The molecule has 29 heavy (non-hydrogen) atoms. The second kappa shape index (κ2) is 8.02. The molecule has 0 aliphatic heterocycles. The summed E-state index contributed by atoms with van der Waals surface area (Å²) in [7, 11) is 0. The summed E-state index contributed by atoms with van der Waals surface area (Å²) in [5, 5.41) is 7.28. The number of ether oxygens (including phenoxy) is 1. The summed E-state index contributed by atoms with van der Waals surface area (Å²) in [5.41, 5.74) is 3.55. The fraction of sp³-hybridized carbons (Fsp3) is 0.136. The molecule has 1 amide bonds. The van der Waals surface area contributed by atoms with Gasteiger partial charge >= 0.3 is 6.01 Å². The first kappa shape index (κ1) is 18.5. The Bertz CT molecular complexity index is 1100. The predicted octanol–water partition coefficient (Wildman–Crippen LogP) is 4.49. The molecule has 7 heteroatoms. The lowest BCUT2D eigenvalue weighted by atomic mass is 10.1. The Morgan fingerprint density at radius 2 is 1.86 bits per heavy atom. The van der Waals surface area contributed by atoms with Crippen molar-refractivity contribution in [3.63, 3.8) is 0 Å². The van der Waals surface area contributed by atoms with Gasteiger partial charge in [0.05, 0.1) is 18.6 Å². The first-order valence-electron chi connectivity index (χ1n) is 9.26. The largest absolute Gasteiger partial charge is 0.463 e. The maximum absolute atomic E-state index is 12.1. The molecule has 2 heterocycles. The standard InChI is InChI=1S/C22H20N4O3/c1-3-28-22-24-20(16-8-6-15(2)7-9-16)26(25-22)18-12-10-17(11-13-18)23-21(27)19-5-4-14-29-19/h4-14H,3H2,1-2H3,(H,23,27). The Morgan fingerprint density at radius 3 is 2.52 bits per heavy atom. The van der Waals surface area contributed by atoms with E-state index in [1.54, 1.807) is 28.9 Å². The molecule has 2 aromatic carbocycles. The van der Waals surface area contributed by atoms with Crippen molar-refractivity contribution in [2.24, 2.45) is 0 Å². The number of aromatic nitrogens is 3. The molecule has 1 N–H and O–H groups in total. The fourth-order valence-corrected chi connectivity index (χ4v) is 2.84. The summed E-state index contributed by atoms with van der Waals surface area (Å²) in [6.07, 6.45) is 1.46. The molecule has 0 atom stereocenters. The van der Waals surface area contributed by atoms with Crippen molar-refractivity contribution in [3.05, 3.63) is 78.3 Å². The van der Waals surface area contributed by atoms with Crippen molar-refractivity contribution in [2.75, 3.05) is 11.9 Å². The van der Waals surface area contributed by atoms with Gasteiger partial charge in [0.2, 0.25) is 0 Å². The first-order valence-corrected chi connectivity index (χ1v) is 9.26. The summed E-state index contributed by atoms with van der Waals surface area (Å²) in [6.45, 7) is 4.41. The van der Waals surface area contributed by atoms with Gasteiger partial charge in [-0.15, -0.1) is 5.10 Å². The lowest BCUT2D eigenvalue weighted by molar-refractivity contribution is 0.0996. The van der Waals surface area contributed by atoms with Crippen molar-refractivity contribution in [1.29, 1.82) is 0 Å². The van der Waals surface area contributed by atoms with E-state index >= 15 is 0 Å². The predicted molar refractivity (Wildman–Crippen MR) is 109 cm³/mol. The van der Waals surface area contributed by atoms with Crippen molar-refractivity contribution in [1.82, 2.24) is 14.8 Å². The average molecular weight is 388 g/mol. The molecular weight excluding hydrogens is 368 g/mol. The van der Waals surface area contributed by atoms with Crippen LogP contribution in [0.5, 0.6) is 6.01 Å². The number of amides is 1. The third-order valence-corrected chi connectivity index (χ3v) is 4.29. The number of aryl methyl sites for hydroxylation is 1. The highest BCUT2D eigenvalue weighted by molar-refractivity contribution is 6.02. The smallest absolute Gasteiger partial charge is 0.336 e. The van der Waals surface area contributed by atoms with E-state index in [9.17, 15) is 4.79 Å². The van der Waals surface area contributed by atoms with Crippen LogP contribution in [-0.4, -0.2) is 27.3 Å². The van der Waals surface area contributed by atoms with Crippen molar-refractivity contribution in [2.45, 2.75) is 13.8 Å². The molecule has 0 saturated carbocycles. The Morgan fingerprint density at radius 1 is 1.10 bits per heavy atom. The molecule has 0 bridgehead atoms. The van der Waals surface area contributed by atoms with Gasteiger partial charge in [-0.05, 0) is 50.2 Å². The summed E-state index contributed by atoms with van der Waals surface area (Å²) in [4.78, 5) is 16.7. The summed E-state index contributed by atoms with van der Waals surface area (Å²) >= 11 is 0. The summed E-state index contributed by atoms with van der Waals surface area (Å²) in [5.74, 6) is 0.636. The second-order valence-electron chi connectivity index (χ2n) is 6.41. The zero-order chi connectivity index (χ0) is 20.2. The van der Waals surface area contributed by atoms with Gasteiger partial charge in [-0.1, -0.05) is 29.8 Å². The number of carbonyl (C=O) groups is 1. The lowest BCUT2D eigenvalue weighted by Gasteiger charge is -2.08. The van der Waals surface area contributed by atoms with Crippen LogP contribution in [-0.2, 0) is 0 Å². The number of nitrogens with one attached hydrogen (secondary N) is 1. The minimum absolute atomic E-state index is 0.258. The van der Waals surface area contributed by atoms with Gasteiger partial charge in [-0.25, -0.2) is 4.68 Å². The van der Waals surface area contributed by atoms with Crippen LogP contribution in [0.25, 0.3) is 17.1 Å². The monoisotopic (exact) mass is 388 g/mol. The molecule has 0 fully saturated rings. The van der Waals surface area contributed by atoms with Crippen LogP contribution in [0.2, 0.25) is 0 Å². The van der Waals surface area contributed by atoms with Crippen molar-refractivity contribution in [3.8, 4) is 23.1 Å². The summed E-state index contributed by atoms with van der Waals surface area (Å²) < 4.78 is 12.3. The topological polar surface area (TPSA) is 82.2 Å². The minimum atomic E-state index is -0.303. The maximum Gasteiger partial charge on any atom is 0.336 e. The molecule has 7 nitrogen and oxygen atoms in total. The minimum Gasteiger partial charge on any atom is -0.463 e. The quantitative estimate of drug-likeness (QED) is 0.526. The maximum atomic E-state index is 12.1. The molecular formula is C22H20N4O3. The van der Waals surface area contributed by atoms with Crippen LogP contribution in [0.15, 0.2) is 71.3 Å². The molecule has 0 spiro atoms. The number of nitrogens with zero attached hydrogens (tertiary/aromatic N) is 3. The van der Waals surface area contributed by atoms with E-state index in [2.05, 4.69) is 15.4 Å². The van der Waals surface area contributed by atoms with Crippen molar-refractivity contribution >= 4 is 11.6 Å². The number of benzene rings is 2. The van der Waals surface area contributed by atoms with Crippen LogP contribution in [0.4, 0.5) is 5.69 Å². The average Bonchev–Trinajstić information content (AvgIpc) is 3.40. The normalized spacial score (nSPS) is 10.7. The van der Waals surface area contributed by atoms with Crippen LogP contribution in [0, 0.1) is 6.92 Å². The van der Waals surface area contributed by atoms with Gasteiger partial charge in [0.1, 0.15) is 0 Å². The van der Waals surface area contributed by atoms with Gasteiger partial charge in [0.25, 0.3) is 5.91 Å². The number of anilines is 1. The number of carbonyl (C=O) groups excluding carboxylic acids is 1. The molecule has 0 radical (unpaired) electrons. The zero-order valence-electron chi connectivity index (χ0n) is 16.1. The molecule has 146 valence electrons. The van der Waals surface area contributed by atoms with Gasteiger partial charge in [-0.3, -0.25) is 4.79 Å². The second-order valence-corrected chi connectivity index (χ2v) is 6.41. The SMILES string of the molecule is CCOc1nc(-c2ccc(C)cc2)n(-c2ccc(NC(=O)c3ccco3)cc2)n1. The van der Waals surface area contributed by atoms with Gasteiger partial charge < -0.3 is 14.5 Å². The zero-order valence-corrected chi connectivity index (χ0v) is 16.1. The van der Waals surface area contributed by atoms with Crippen LogP contribution in [0.3, 0.4) is 0 Å². The number of hydrogen-bond donors (Lipinski definition) is 1. The molecule has 0 aliphatic carbocycles. The van der Waals surface area contributed by atoms with E-state index in [1.807, 2.05) is 50.2 Å². The Hall–Kier alpha value is -3.87. The number of furan rings is 1. The summed E-state index contributed by atoms with van der Waals surface area (Å²) in [6, 6.07) is 19.0. The van der Waals surface area contributed by atoms with Crippen LogP contribution < -0.4 is 10.1 Å². The molecule has 0 unspecified atom stereocenters. The number of rotatable bonds is 6. The molecule has 4 rings (SSSR count). The van der Waals surface area contributed by atoms with E-state index in [0.29, 0.717) is 24.1 Å².